The van der Waals surface area contributed by atoms with E-state index in [2.05, 4.69) is 6.92 Å². The van der Waals surface area contributed by atoms with E-state index in [1.165, 1.54) is 12.7 Å². The third kappa shape index (κ3) is 2.99. The third-order valence-electron chi connectivity index (χ3n) is 3.08. The van der Waals surface area contributed by atoms with E-state index in [9.17, 15) is 4.79 Å². The largest absolute Gasteiger partial charge is 0.478 e. The highest BCUT2D eigenvalue weighted by Crippen LogP contribution is 2.35. The van der Waals surface area contributed by atoms with Gasteiger partial charge in [-0.3, -0.25) is 0 Å². The molecule has 0 heterocycles. The number of ether oxygens (including phenoxy) is 2. The molecule has 0 aromatic heterocycles. The molecule has 0 bridgehead atoms. The highest BCUT2D eigenvalue weighted by Gasteiger charge is 2.38. The van der Waals surface area contributed by atoms with E-state index in [4.69, 9.17) is 9.47 Å². The van der Waals surface area contributed by atoms with Crippen molar-refractivity contribution in [3.05, 3.63) is 29.8 Å². The van der Waals surface area contributed by atoms with Crippen LogP contribution in [-0.4, -0.2) is 19.2 Å². The zero-order valence-electron chi connectivity index (χ0n) is 10.3. The molecule has 0 aliphatic heterocycles. The Bertz CT molecular complexity index is 379. The molecule has 0 radical (unpaired) electrons. The Hall–Kier alpha value is -1.51. The third-order valence-corrected chi connectivity index (χ3v) is 3.08. The average Bonchev–Trinajstić information content (AvgIpc) is 3.20. The smallest absolute Gasteiger partial charge is 0.347 e. The lowest BCUT2D eigenvalue weighted by atomic mass is 10.1. The van der Waals surface area contributed by atoms with Crippen LogP contribution < -0.4 is 4.74 Å². The first kappa shape index (κ1) is 12.0. The monoisotopic (exact) mass is 234 g/mol. The fourth-order valence-electron chi connectivity index (χ4n) is 1.80. The molecule has 1 aliphatic rings. The Kier molecular flexibility index (Phi) is 3.67. The molecule has 0 N–H and O–H groups in total. The van der Waals surface area contributed by atoms with Crippen LogP contribution in [0.1, 0.15) is 25.3 Å². The van der Waals surface area contributed by atoms with E-state index >= 15 is 0 Å². The van der Waals surface area contributed by atoms with Crippen LogP contribution in [0.15, 0.2) is 24.3 Å². The van der Waals surface area contributed by atoms with Crippen molar-refractivity contribution in [3.8, 4) is 5.75 Å². The van der Waals surface area contributed by atoms with Gasteiger partial charge in [-0.2, -0.15) is 0 Å². The summed E-state index contributed by atoms with van der Waals surface area (Å²) in [6.45, 7) is 2.11. The molecule has 92 valence electrons. The molecule has 0 saturated heterocycles. The maximum atomic E-state index is 11.6. The summed E-state index contributed by atoms with van der Waals surface area (Å²) in [6, 6.07) is 7.88. The topological polar surface area (TPSA) is 35.5 Å². The van der Waals surface area contributed by atoms with Gasteiger partial charge in [-0.05, 0) is 37.0 Å². The van der Waals surface area contributed by atoms with Gasteiger partial charge in [-0.25, -0.2) is 4.79 Å². The van der Waals surface area contributed by atoms with Crippen molar-refractivity contribution in [1.29, 1.82) is 0 Å². The van der Waals surface area contributed by atoms with E-state index in [1.807, 2.05) is 24.3 Å². The minimum Gasteiger partial charge on any atom is -0.478 e. The van der Waals surface area contributed by atoms with E-state index in [0.29, 0.717) is 5.92 Å². The second-order valence-corrected chi connectivity index (χ2v) is 4.40. The van der Waals surface area contributed by atoms with Gasteiger partial charge < -0.3 is 9.47 Å². The summed E-state index contributed by atoms with van der Waals surface area (Å²) in [6.07, 6.45) is 2.66. The SMILES string of the molecule is CCc1ccc(OC(C(=O)OC)C2CC2)cc1. The normalized spacial score (nSPS) is 16.4. The summed E-state index contributed by atoms with van der Waals surface area (Å²) in [5, 5.41) is 0. The van der Waals surface area contributed by atoms with Gasteiger partial charge in [0.1, 0.15) is 5.75 Å². The fraction of sp³-hybridized carbons (Fsp3) is 0.500. The predicted octanol–water partition coefficient (Wildman–Crippen LogP) is 2.58. The summed E-state index contributed by atoms with van der Waals surface area (Å²) in [7, 11) is 1.40. The standard InChI is InChI=1S/C14H18O3/c1-3-10-4-8-12(9-5-10)17-13(11-6-7-11)14(15)16-2/h4-5,8-9,11,13H,3,6-7H2,1-2H3. The van der Waals surface area contributed by atoms with Gasteiger partial charge in [-0.1, -0.05) is 19.1 Å². The molecule has 0 amide bonds. The molecule has 3 heteroatoms. The number of hydrogen-bond acceptors (Lipinski definition) is 3. The summed E-state index contributed by atoms with van der Waals surface area (Å²) in [4.78, 5) is 11.6. The number of benzene rings is 1. The second kappa shape index (κ2) is 5.21. The molecule has 1 saturated carbocycles. The zero-order chi connectivity index (χ0) is 12.3. The van der Waals surface area contributed by atoms with Crippen LogP contribution in [0.5, 0.6) is 5.75 Å². The van der Waals surface area contributed by atoms with Crippen molar-refractivity contribution in [3.63, 3.8) is 0 Å². The van der Waals surface area contributed by atoms with Crippen LogP contribution in [0.4, 0.5) is 0 Å². The van der Waals surface area contributed by atoms with Gasteiger partial charge in [0.2, 0.25) is 0 Å². The van der Waals surface area contributed by atoms with Crippen LogP contribution in [0.25, 0.3) is 0 Å². The van der Waals surface area contributed by atoms with Crippen LogP contribution in [0, 0.1) is 5.92 Å². The summed E-state index contributed by atoms with van der Waals surface area (Å²) >= 11 is 0. The molecule has 2 rings (SSSR count). The number of hydrogen-bond donors (Lipinski definition) is 0. The summed E-state index contributed by atoms with van der Waals surface area (Å²) in [5.74, 6) is 0.796. The molecular formula is C14H18O3. The minimum atomic E-state index is -0.438. The number of carbonyl (C=O) groups excluding carboxylic acids is 1. The minimum absolute atomic E-state index is 0.271. The molecule has 1 fully saturated rings. The Balaban J connectivity index is 2.03. The zero-order valence-corrected chi connectivity index (χ0v) is 10.3. The van der Waals surface area contributed by atoms with E-state index < -0.39 is 6.10 Å². The second-order valence-electron chi connectivity index (χ2n) is 4.40. The van der Waals surface area contributed by atoms with Crippen LogP contribution in [-0.2, 0) is 16.0 Å². The van der Waals surface area contributed by atoms with Crippen molar-refractivity contribution in [2.75, 3.05) is 7.11 Å². The van der Waals surface area contributed by atoms with Gasteiger partial charge in [0.25, 0.3) is 0 Å². The molecule has 1 aliphatic carbocycles. The molecule has 0 spiro atoms. The number of rotatable bonds is 5. The molecule has 1 aromatic rings. The highest BCUT2D eigenvalue weighted by atomic mass is 16.6. The van der Waals surface area contributed by atoms with Gasteiger partial charge in [0.05, 0.1) is 7.11 Å². The number of esters is 1. The molecule has 1 aromatic carbocycles. The number of carbonyl (C=O) groups is 1. The first-order valence-corrected chi connectivity index (χ1v) is 6.08. The maximum Gasteiger partial charge on any atom is 0.347 e. The predicted molar refractivity (Wildman–Crippen MR) is 65.0 cm³/mol. The van der Waals surface area contributed by atoms with Gasteiger partial charge in [0.15, 0.2) is 6.10 Å². The van der Waals surface area contributed by atoms with E-state index in [0.717, 1.165) is 25.0 Å². The van der Waals surface area contributed by atoms with Crippen molar-refractivity contribution >= 4 is 5.97 Å². The molecule has 1 atom stereocenters. The fourth-order valence-corrected chi connectivity index (χ4v) is 1.80. The lowest BCUT2D eigenvalue weighted by molar-refractivity contribution is -0.149. The Morgan fingerprint density at radius 2 is 2.00 bits per heavy atom. The van der Waals surface area contributed by atoms with Gasteiger partial charge in [-0.15, -0.1) is 0 Å². The molecule has 17 heavy (non-hydrogen) atoms. The van der Waals surface area contributed by atoms with Gasteiger partial charge in [0, 0.05) is 5.92 Å². The van der Waals surface area contributed by atoms with E-state index in [1.54, 1.807) is 0 Å². The van der Waals surface area contributed by atoms with Crippen LogP contribution in [0.3, 0.4) is 0 Å². The van der Waals surface area contributed by atoms with Crippen molar-refractivity contribution in [2.24, 2.45) is 5.92 Å². The number of aryl methyl sites for hydroxylation is 1. The summed E-state index contributed by atoms with van der Waals surface area (Å²) in [5.41, 5.74) is 1.26. The quantitative estimate of drug-likeness (QED) is 0.734. The first-order chi connectivity index (χ1) is 8.24. The van der Waals surface area contributed by atoms with E-state index in [-0.39, 0.29) is 5.97 Å². The lowest BCUT2D eigenvalue weighted by Crippen LogP contribution is -2.30. The lowest BCUT2D eigenvalue weighted by Gasteiger charge is -2.16. The van der Waals surface area contributed by atoms with Crippen molar-refractivity contribution < 1.29 is 14.3 Å². The Morgan fingerprint density at radius 3 is 2.47 bits per heavy atom. The van der Waals surface area contributed by atoms with Crippen molar-refractivity contribution in [1.82, 2.24) is 0 Å². The molecule has 3 nitrogen and oxygen atoms in total. The van der Waals surface area contributed by atoms with Gasteiger partial charge >= 0.3 is 5.97 Å². The Labute approximate surface area is 102 Å². The number of methoxy groups -OCH3 is 1. The highest BCUT2D eigenvalue weighted by molar-refractivity contribution is 5.75. The van der Waals surface area contributed by atoms with Crippen LogP contribution >= 0.6 is 0 Å². The Morgan fingerprint density at radius 1 is 1.35 bits per heavy atom. The van der Waals surface area contributed by atoms with Crippen LogP contribution in [0.2, 0.25) is 0 Å². The maximum absolute atomic E-state index is 11.6. The van der Waals surface area contributed by atoms with Crippen molar-refractivity contribution in [2.45, 2.75) is 32.3 Å². The molecule has 1 unspecified atom stereocenters. The average molecular weight is 234 g/mol. The summed E-state index contributed by atoms with van der Waals surface area (Å²) < 4.78 is 10.5. The molecular weight excluding hydrogens is 216 g/mol. The first-order valence-electron chi connectivity index (χ1n) is 6.08.